The highest BCUT2D eigenvalue weighted by Crippen LogP contribution is 2.30. The molecule has 1 unspecified atom stereocenters. The second kappa shape index (κ2) is 6.70. The minimum atomic E-state index is -0.262. The lowest BCUT2D eigenvalue weighted by atomic mass is 9.97. The van der Waals surface area contributed by atoms with Gasteiger partial charge in [0.15, 0.2) is 0 Å². The fourth-order valence-corrected chi connectivity index (χ4v) is 2.96. The van der Waals surface area contributed by atoms with Crippen molar-refractivity contribution in [2.75, 3.05) is 7.05 Å². The van der Waals surface area contributed by atoms with E-state index in [2.05, 4.69) is 40.3 Å². The van der Waals surface area contributed by atoms with Crippen LogP contribution >= 0.6 is 27.5 Å². The van der Waals surface area contributed by atoms with Gasteiger partial charge >= 0.3 is 0 Å². The Labute approximate surface area is 132 Å². The third kappa shape index (κ3) is 3.40. The lowest BCUT2D eigenvalue weighted by molar-refractivity contribution is 0.582. The molecule has 2 aromatic carbocycles. The van der Waals surface area contributed by atoms with Gasteiger partial charge in [0.05, 0.1) is 0 Å². The maximum Gasteiger partial charge on any atom is 0.123 e. The van der Waals surface area contributed by atoms with E-state index in [1.807, 2.05) is 13.1 Å². The van der Waals surface area contributed by atoms with Gasteiger partial charge in [0, 0.05) is 15.5 Å². The number of benzene rings is 2. The molecule has 1 N–H and O–H groups in total. The molecule has 1 nitrogen and oxygen atoms in total. The highest BCUT2D eigenvalue weighted by Gasteiger charge is 2.16. The van der Waals surface area contributed by atoms with E-state index in [1.54, 1.807) is 6.07 Å². The highest BCUT2D eigenvalue weighted by molar-refractivity contribution is 9.10. The van der Waals surface area contributed by atoms with Crippen molar-refractivity contribution in [3.8, 4) is 0 Å². The molecule has 0 aromatic heterocycles. The average Bonchev–Trinajstić information content (AvgIpc) is 2.43. The molecule has 20 heavy (non-hydrogen) atoms. The van der Waals surface area contributed by atoms with Crippen LogP contribution in [0.3, 0.4) is 0 Å². The van der Waals surface area contributed by atoms with Crippen molar-refractivity contribution in [2.24, 2.45) is 0 Å². The fraction of sp³-hybridized carbons (Fsp3) is 0.250. The molecule has 0 spiro atoms. The van der Waals surface area contributed by atoms with Gasteiger partial charge in [-0.25, -0.2) is 4.39 Å². The fourth-order valence-electron chi connectivity index (χ4n) is 2.23. The van der Waals surface area contributed by atoms with E-state index in [1.165, 1.54) is 17.7 Å². The predicted molar refractivity (Wildman–Crippen MR) is 85.8 cm³/mol. The van der Waals surface area contributed by atoms with E-state index in [9.17, 15) is 4.39 Å². The van der Waals surface area contributed by atoms with Crippen molar-refractivity contribution in [1.29, 1.82) is 0 Å². The number of likely N-dealkylation sites (N-methyl/N-ethyl adjacent to an activating group) is 1. The number of aryl methyl sites for hydroxylation is 1. The van der Waals surface area contributed by atoms with Crippen LogP contribution < -0.4 is 5.32 Å². The Kier molecular flexibility index (Phi) is 5.19. The van der Waals surface area contributed by atoms with E-state index >= 15 is 0 Å². The van der Waals surface area contributed by atoms with Gasteiger partial charge in [-0.2, -0.15) is 0 Å². The number of nitrogens with one attached hydrogen (secondary N) is 1. The number of rotatable bonds is 4. The normalized spacial score (nSPS) is 12.4. The first-order valence-corrected chi connectivity index (χ1v) is 7.56. The molecule has 0 aliphatic carbocycles. The van der Waals surface area contributed by atoms with Gasteiger partial charge in [0.25, 0.3) is 0 Å². The van der Waals surface area contributed by atoms with Crippen molar-refractivity contribution < 1.29 is 4.39 Å². The molecular formula is C16H16BrClFN. The lowest BCUT2D eigenvalue weighted by Crippen LogP contribution is -2.19. The Balaban J connectivity index is 2.34. The molecule has 106 valence electrons. The third-order valence-electron chi connectivity index (χ3n) is 3.38. The zero-order valence-corrected chi connectivity index (χ0v) is 13.7. The van der Waals surface area contributed by atoms with Crippen LogP contribution in [0.25, 0.3) is 0 Å². The van der Waals surface area contributed by atoms with Crippen LogP contribution in [0.5, 0.6) is 0 Å². The number of hydrogen-bond acceptors (Lipinski definition) is 1. The zero-order valence-electron chi connectivity index (χ0n) is 11.4. The molecular weight excluding hydrogens is 341 g/mol. The maximum atomic E-state index is 13.4. The van der Waals surface area contributed by atoms with Gasteiger partial charge in [-0.05, 0) is 55.3 Å². The van der Waals surface area contributed by atoms with Crippen molar-refractivity contribution in [3.63, 3.8) is 0 Å². The van der Waals surface area contributed by atoms with Crippen LogP contribution in [0.4, 0.5) is 4.39 Å². The van der Waals surface area contributed by atoms with Crippen LogP contribution in [0.15, 0.2) is 40.9 Å². The summed E-state index contributed by atoms with van der Waals surface area (Å²) in [5.74, 6) is -0.262. The minimum Gasteiger partial charge on any atom is -0.313 e. The molecule has 0 aliphatic rings. The second-order valence-electron chi connectivity index (χ2n) is 4.76. The molecule has 0 saturated carbocycles. The van der Waals surface area contributed by atoms with E-state index in [-0.39, 0.29) is 11.9 Å². The summed E-state index contributed by atoms with van der Waals surface area (Å²) < 4.78 is 14.4. The number of hydrogen-bond donors (Lipinski definition) is 1. The minimum absolute atomic E-state index is 0.0728. The molecule has 4 heteroatoms. The van der Waals surface area contributed by atoms with Gasteiger partial charge in [-0.1, -0.05) is 45.7 Å². The Bertz CT molecular complexity index is 615. The smallest absolute Gasteiger partial charge is 0.123 e. The van der Waals surface area contributed by atoms with E-state index in [0.717, 1.165) is 15.6 Å². The Morgan fingerprint density at radius 2 is 2.05 bits per heavy atom. The van der Waals surface area contributed by atoms with E-state index in [4.69, 9.17) is 11.6 Å². The van der Waals surface area contributed by atoms with Crippen molar-refractivity contribution in [3.05, 3.63) is 68.4 Å². The zero-order chi connectivity index (χ0) is 14.7. The Morgan fingerprint density at radius 3 is 2.75 bits per heavy atom. The van der Waals surface area contributed by atoms with Crippen LogP contribution in [0.1, 0.15) is 22.7 Å². The molecule has 1 atom stereocenters. The molecule has 0 radical (unpaired) electrons. The van der Waals surface area contributed by atoms with Crippen molar-refractivity contribution in [2.45, 2.75) is 19.4 Å². The Morgan fingerprint density at radius 1 is 1.30 bits per heavy atom. The standard InChI is InChI=1S/C16H16BrClFN/c1-10-4-3-5-13(16(10)17)15(20-2)9-11-8-12(19)6-7-14(11)18/h3-8,15,20H,9H2,1-2H3. The molecule has 0 aliphatic heterocycles. The second-order valence-corrected chi connectivity index (χ2v) is 5.96. The lowest BCUT2D eigenvalue weighted by Gasteiger charge is -2.20. The molecule has 0 fully saturated rings. The summed E-state index contributed by atoms with van der Waals surface area (Å²) >= 11 is 9.77. The summed E-state index contributed by atoms with van der Waals surface area (Å²) in [6.45, 7) is 2.05. The van der Waals surface area contributed by atoms with Crippen LogP contribution in [0, 0.1) is 12.7 Å². The molecule has 2 rings (SSSR count). The summed E-state index contributed by atoms with van der Waals surface area (Å²) in [6.07, 6.45) is 0.634. The van der Waals surface area contributed by atoms with Crippen molar-refractivity contribution in [1.82, 2.24) is 5.32 Å². The summed E-state index contributed by atoms with van der Waals surface area (Å²) in [6, 6.07) is 10.7. The average molecular weight is 357 g/mol. The summed E-state index contributed by atoms with van der Waals surface area (Å²) in [5, 5.41) is 3.86. The first-order valence-electron chi connectivity index (χ1n) is 6.39. The molecule has 2 aromatic rings. The SMILES string of the molecule is CNC(Cc1cc(F)ccc1Cl)c1cccc(C)c1Br. The van der Waals surface area contributed by atoms with Gasteiger partial charge in [0.2, 0.25) is 0 Å². The van der Waals surface area contributed by atoms with Crippen molar-refractivity contribution >= 4 is 27.5 Å². The third-order valence-corrected chi connectivity index (χ3v) is 4.83. The monoisotopic (exact) mass is 355 g/mol. The summed E-state index contributed by atoms with van der Waals surface area (Å²) in [7, 11) is 1.90. The van der Waals surface area contributed by atoms with Crippen LogP contribution in [0.2, 0.25) is 5.02 Å². The summed E-state index contributed by atoms with van der Waals surface area (Å²) in [5.41, 5.74) is 3.13. The first-order chi connectivity index (χ1) is 9.52. The number of halogens is 3. The quantitative estimate of drug-likeness (QED) is 0.808. The Hall–Kier alpha value is -0.900. The molecule has 0 saturated heterocycles. The summed E-state index contributed by atoms with van der Waals surface area (Å²) in [4.78, 5) is 0. The van der Waals surface area contributed by atoms with E-state index in [0.29, 0.717) is 11.4 Å². The van der Waals surface area contributed by atoms with Gasteiger partial charge < -0.3 is 5.32 Å². The first kappa shape index (κ1) is 15.5. The van der Waals surface area contributed by atoms with Crippen LogP contribution in [-0.2, 0) is 6.42 Å². The molecule has 0 amide bonds. The highest BCUT2D eigenvalue weighted by atomic mass is 79.9. The maximum absolute atomic E-state index is 13.4. The van der Waals surface area contributed by atoms with Gasteiger partial charge in [0.1, 0.15) is 5.82 Å². The molecule has 0 bridgehead atoms. The van der Waals surface area contributed by atoms with Gasteiger partial charge in [-0.15, -0.1) is 0 Å². The molecule has 0 heterocycles. The largest absolute Gasteiger partial charge is 0.313 e. The van der Waals surface area contributed by atoms with Crippen LogP contribution in [-0.4, -0.2) is 7.05 Å². The predicted octanol–water partition coefficient (Wildman–Crippen LogP) is 5.05. The topological polar surface area (TPSA) is 12.0 Å². The van der Waals surface area contributed by atoms with E-state index < -0.39 is 0 Å². The van der Waals surface area contributed by atoms with Gasteiger partial charge in [-0.3, -0.25) is 0 Å².